The van der Waals surface area contributed by atoms with Crippen LogP contribution in [0.5, 0.6) is 0 Å². The van der Waals surface area contributed by atoms with Crippen molar-refractivity contribution in [3.63, 3.8) is 0 Å². The Morgan fingerprint density at radius 1 is 1.38 bits per heavy atom. The monoisotopic (exact) mass is 224 g/mol. The van der Waals surface area contributed by atoms with Crippen LogP contribution in [0.3, 0.4) is 0 Å². The molecule has 16 heavy (non-hydrogen) atoms. The fourth-order valence-electron chi connectivity index (χ4n) is 1.98. The fraction of sp³-hybridized carbons (Fsp3) is 0.500. The van der Waals surface area contributed by atoms with Crippen LogP contribution >= 0.6 is 0 Å². The van der Waals surface area contributed by atoms with Gasteiger partial charge in [0.05, 0.1) is 25.1 Å². The van der Waals surface area contributed by atoms with Gasteiger partial charge in [-0.2, -0.15) is 0 Å². The zero-order valence-electron chi connectivity index (χ0n) is 9.46. The number of methoxy groups -OCH3 is 2. The van der Waals surface area contributed by atoms with Crippen molar-refractivity contribution in [3.8, 4) is 0 Å². The predicted molar refractivity (Wildman–Crippen MR) is 58.1 cm³/mol. The highest BCUT2D eigenvalue weighted by Gasteiger charge is 2.34. The first-order valence-electron chi connectivity index (χ1n) is 5.24. The summed E-state index contributed by atoms with van der Waals surface area (Å²) in [6, 6.07) is 3.81. The maximum Gasteiger partial charge on any atom is 0.148 e. The van der Waals surface area contributed by atoms with E-state index in [9.17, 15) is 0 Å². The lowest BCUT2D eigenvalue weighted by Crippen LogP contribution is -2.39. The van der Waals surface area contributed by atoms with Crippen molar-refractivity contribution >= 4 is 0 Å². The van der Waals surface area contributed by atoms with Crippen LogP contribution in [0.1, 0.15) is 11.7 Å². The molecule has 0 radical (unpaired) electrons. The first-order valence-corrected chi connectivity index (χ1v) is 5.24. The van der Waals surface area contributed by atoms with E-state index in [1.54, 1.807) is 26.7 Å². The van der Waals surface area contributed by atoms with Crippen LogP contribution in [-0.4, -0.2) is 33.0 Å². The normalized spacial score (nSPS) is 29.0. The Kier molecular flexibility index (Phi) is 3.64. The molecule has 4 nitrogen and oxygen atoms in total. The Bertz CT molecular complexity index is 331. The Morgan fingerprint density at radius 2 is 2.25 bits per heavy atom. The van der Waals surface area contributed by atoms with Gasteiger partial charge in [-0.25, -0.2) is 0 Å². The van der Waals surface area contributed by atoms with Gasteiger partial charge in [-0.15, -0.1) is 0 Å². The van der Waals surface area contributed by atoms with Crippen LogP contribution in [0.25, 0.3) is 0 Å². The van der Waals surface area contributed by atoms with Crippen LogP contribution in [0, 0.1) is 0 Å². The summed E-state index contributed by atoms with van der Waals surface area (Å²) in [7, 11) is 3.32. The molecule has 0 bridgehead atoms. The SMILES string of the molecule is COC[C@H]1OC=C[C@H](c2ccco2)[C@@H]1OC. The highest BCUT2D eigenvalue weighted by Crippen LogP contribution is 2.30. The molecule has 2 rings (SSSR count). The van der Waals surface area contributed by atoms with E-state index in [1.165, 1.54) is 0 Å². The molecule has 1 aliphatic heterocycles. The van der Waals surface area contributed by atoms with E-state index in [1.807, 2.05) is 18.2 Å². The Hall–Kier alpha value is -1.26. The summed E-state index contributed by atoms with van der Waals surface area (Å²) in [4.78, 5) is 0. The molecular formula is C12H16O4. The molecule has 0 N–H and O–H groups in total. The van der Waals surface area contributed by atoms with E-state index < -0.39 is 0 Å². The van der Waals surface area contributed by atoms with Crippen molar-refractivity contribution in [1.82, 2.24) is 0 Å². The van der Waals surface area contributed by atoms with Gasteiger partial charge in [0.1, 0.15) is 18.0 Å². The average molecular weight is 224 g/mol. The standard InChI is InChI=1S/C12H16O4/c1-13-8-11-12(14-2)9(5-7-16-11)10-4-3-6-15-10/h3-7,9,11-12H,8H2,1-2H3/t9-,11-,12+/m1/s1. The van der Waals surface area contributed by atoms with Gasteiger partial charge < -0.3 is 18.6 Å². The number of hydrogen-bond acceptors (Lipinski definition) is 4. The molecule has 0 saturated heterocycles. The van der Waals surface area contributed by atoms with Crippen molar-refractivity contribution in [1.29, 1.82) is 0 Å². The first-order chi connectivity index (χ1) is 7.86. The maximum atomic E-state index is 5.48. The second-order valence-corrected chi connectivity index (χ2v) is 3.70. The van der Waals surface area contributed by atoms with E-state index in [-0.39, 0.29) is 18.1 Å². The molecule has 3 atom stereocenters. The third-order valence-electron chi connectivity index (χ3n) is 2.73. The molecule has 0 amide bonds. The molecule has 0 aromatic carbocycles. The molecule has 1 aromatic heterocycles. The van der Waals surface area contributed by atoms with E-state index in [2.05, 4.69) is 0 Å². The van der Waals surface area contributed by atoms with Gasteiger partial charge in [0.2, 0.25) is 0 Å². The van der Waals surface area contributed by atoms with Crippen molar-refractivity contribution in [2.45, 2.75) is 18.1 Å². The lowest BCUT2D eigenvalue weighted by molar-refractivity contribution is -0.0708. The van der Waals surface area contributed by atoms with Gasteiger partial charge in [-0.1, -0.05) is 0 Å². The van der Waals surface area contributed by atoms with Crippen LogP contribution in [0.4, 0.5) is 0 Å². The molecule has 0 fully saturated rings. The van der Waals surface area contributed by atoms with Gasteiger partial charge in [-0.3, -0.25) is 0 Å². The van der Waals surface area contributed by atoms with E-state index >= 15 is 0 Å². The molecule has 2 heterocycles. The fourth-order valence-corrected chi connectivity index (χ4v) is 1.98. The molecule has 4 heteroatoms. The highest BCUT2D eigenvalue weighted by atomic mass is 16.6. The van der Waals surface area contributed by atoms with Crippen LogP contribution in [0.2, 0.25) is 0 Å². The lowest BCUT2D eigenvalue weighted by atomic mass is 9.93. The Balaban J connectivity index is 2.17. The predicted octanol–water partition coefficient (Wildman–Crippen LogP) is 1.94. The molecule has 0 unspecified atom stereocenters. The summed E-state index contributed by atoms with van der Waals surface area (Å²) in [5.41, 5.74) is 0. The second-order valence-electron chi connectivity index (χ2n) is 3.70. The number of rotatable bonds is 4. The smallest absolute Gasteiger partial charge is 0.148 e. The van der Waals surface area contributed by atoms with Gasteiger partial charge in [0, 0.05) is 14.2 Å². The van der Waals surface area contributed by atoms with E-state index in [4.69, 9.17) is 18.6 Å². The topological polar surface area (TPSA) is 40.8 Å². The number of hydrogen-bond donors (Lipinski definition) is 0. The summed E-state index contributed by atoms with van der Waals surface area (Å²) in [6.45, 7) is 0.500. The summed E-state index contributed by atoms with van der Waals surface area (Å²) >= 11 is 0. The molecular weight excluding hydrogens is 208 g/mol. The minimum Gasteiger partial charge on any atom is -0.493 e. The molecule has 0 spiro atoms. The lowest BCUT2D eigenvalue weighted by Gasteiger charge is -2.32. The number of ether oxygens (including phenoxy) is 3. The minimum absolute atomic E-state index is 0.0777. The van der Waals surface area contributed by atoms with Crippen molar-refractivity contribution in [2.24, 2.45) is 0 Å². The van der Waals surface area contributed by atoms with E-state index in [0.29, 0.717) is 6.61 Å². The van der Waals surface area contributed by atoms with Gasteiger partial charge >= 0.3 is 0 Å². The third kappa shape index (κ3) is 2.13. The van der Waals surface area contributed by atoms with Gasteiger partial charge in [0.25, 0.3) is 0 Å². The zero-order valence-corrected chi connectivity index (χ0v) is 9.46. The molecule has 0 aliphatic carbocycles. The van der Waals surface area contributed by atoms with Crippen molar-refractivity contribution in [2.75, 3.05) is 20.8 Å². The Labute approximate surface area is 94.8 Å². The van der Waals surface area contributed by atoms with Crippen LogP contribution < -0.4 is 0 Å². The molecule has 1 aliphatic rings. The zero-order chi connectivity index (χ0) is 11.4. The highest BCUT2D eigenvalue weighted by molar-refractivity contribution is 5.17. The van der Waals surface area contributed by atoms with Crippen molar-refractivity contribution < 1.29 is 18.6 Å². The summed E-state index contributed by atoms with van der Waals surface area (Å²) < 4.78 is 21.5. The largest absolute Gasteiger partial charge is 0.493 e. The average Bonchev–Trinajstić information content (AvgIpc) is 2.82. The molecule has 0 saturated carbocycles. The minimum atomic E-state index is -0.102. The summed E-state index contributed by atoms with van der Waals surface area (Å²) in [5.74, 6) is 0.960. The van der Waals surface area contributed by atoms with E-state index in [0.717, 1.165) is 5.76 Å². The van der Waals surface area contributed by atoms with Crippen LogP contribution in [0.15, 0.2) is 35.2 Å². The Morgan fingerprint density at radius 3 is 2.88 bits per heavy atom. The first kappa shape index (κ1) is 11.2. The molecule has 88 valence electrons. The van der Waals surface area contributed by atoms with Gasteiger partial charge in [0.15, 0.2) is 0 Å². The maximum absolute atomic E-state index is 5.48. The molecule has 1 aromatic rings. The van der Waals surface area contributed by atoms with Crippen LogP contribution in [-0.2, 0) is 14.2 Å². The third-order valence-corrected chi connectivity index (χ3v) is 2.73. The van der Waals surface area contributed by atoms with Gasteiger partial charge in [-0.05, 0) is 18.2 Å². The quantitative estimate of drug-likeness (QED) is 0.783. The number of furan rings is 1. The second kappa shape index (κ2) is 5.18. The summed E-state index contributed by atoms with van der Waals surface area (Å²) in [5, 5.41) is 0. The van der Waals surface area contributed by atoms with Crippen molar-refractivity contribution in [3.05, 3.63) is 36.5 Å². The summed E-state index contributed by atoms with van der Waals surface area (Å²) in [6.07, 6.45) is 5.11.